The molecule has 0 unspecified atom stereocenters. The lowest BCUT2D eigenvalue weighted by molar-refractivity contribution is 0.0595. The number of nitrogens with zero attached hydrogens (tertiary/aromatic N) is 2. The molecule has 116 valence electrons. The van der Waals surface area contributed by atoms with Crippen molar-refractivity contribution in [2.75, 3.05) is 25.0 Å². The van der Waals surface area contributed by atoms with Gasteiger partial charge in [-0.3, -0.25) is 4.79 Å². The first-order valence-electron chi connectivity index (χ1n) is 7.69. The van der Waals surface area contributed by atoms with Crippen LogP contribution in [0.1, 0.15) is 50.5 Å². The maximum Gasteiger partial charge on any atom is 0.274 e. The van der Waals surface area contributed by atoms with Crippen molar-refractivity contribution in [2.45, 2.75) is 40.0 Å². The number of pyridine rings is 1. The fraction of sp³-hybridized carbons (Fsp3) is 0.625. The predicted octanol–water partition coefficient (Wildman–Crippen LogP) is 3.82. The Morgan fingerprint density at radius 1 is 1.38 bits per heavy atom. The van der Waals surface area contributed by atoms with E-state index >= 15 is 0 Å². The van der Waals surface area contributed by atoms with Crippen molar-refractivity contribution in [3.05, 3.63) is 22.8 Å². The van der Waals surface area contributed by atoms with Gasteiger partial charge in [0.2, 0.25) is 0 Å². The lowest BCUT2D eigenvalue weighted by Gasteiger charge is -2.38. The Labute approximate surface area is 131 Å². The molecule has 1 aliphatic rings. The van der Waals surface area contributed by atoms with Gasteiger partial charge in [0.05, 0.1) is 5.02 Å². The molecule has 4 nitrogen and oxygen atoms in total. The van der Waals surface area contributed by atoms with Crippen LogP contribution in [0.25, 0.3) is 0 Å². The molecular weight excluding hydrogens is 286 g/mol. The van der Waals surface area contributed by atoms with Gasteiger partial charge in [-0.25, -0.2) is 4.98 Å². The van der Waals surface area contributed by atoms with E-state index in [1.165, 1.54) is 0 Å². The highest BCUT2D eigenvalue weighted by atomic mass is 35.5. The van der Waals surface area contributed by atoms with Gasteiger partial charge in [0.25, 0.3) is 5.91 Å². The van der Waals surface area contributed by atoms with Crippen molar-refractivity contribution < 1.29 is 4.79 Å². The molecular formula is C16H24ClN3O. The maximum absolute atomic E-state index is 12.6. The molecule has 1 aromatic heterocycles. The first kappa shape index (κ1) is 16.1. The van der Waals surface area contributed by atoms with Crippen LogP contribution in [-0.4, -0.2) is 35.4 Å². The minimum absolute atomic E-state index is 0.0575. The van der Waals surface area contributed by atoms with Gasteiger partial charge in [-0.2, -0.15) is 0 Å². The van der Waals surface area contributed by atoms with Crippen LogP contribution in [0.2, 0.25) is 5.02 Å². The van der Waals surface area contributed by atoms with E-state index in [0.29, 0.717) is 21.9 Å². The number of rotatable bonds is 4. The van der Waals surface area contributed by atoms with Gasteiger partial charge in [0, 0.05) is 19.6 Å². The van der Waals surface area contributed by atoms with Crippen molar-refractivity contribution in [1.29, 1.82) is 0 Å². The van der Waals surface area contributed by atoms with Gasteiger partial charge in [-0.15, -0.1) is 0 Å². The zero-order chi connectivity index (χ0) is 15.5. The van der Waals surface area contributed by atoms with Crippen molar-refractivity contribution in [3.8, 4) is 0 Å². The summed E-state index contributed by atoms with van der Waals surface area (Å²) in [5.74, 6) is 0.638. The van der Waals surface area contributed by atoms with Gasteiger partial charge in [0.15, 0.2) is 0 Å². The zero-order valence-corrected chi connectivity index (χ0v) is 13.8. The Hall–Kier alpha value is -1.29. The number of amides is 1. The average molecular weight is 310 g/mol. The van der Waals surface area contributed by atoms with E-state index in [1.807, 2.05) is 11.8 Å². The van der Waals surface area contributed by atoms with E-state index in [9.17, 15) is 4.79 Å². The summed E-state index contributed by atoms with van der Waals surface area (Å²) >= 11 is 6.16. The molecule has 0 radical (unpaired) electrons. The van der Waals surface area contributed by atoms with Crippen LogP contribution in [0.15, 0.2) is 12.1 Å². The fourth-order valence-electron chi connectivity index (χ4n) is 2.62. The third-order valence-corrected chi connectivity index (χ3v) is 4.82. The topological polar surface area (TPSA) is 45.2 Å². The second-order valence-electron chi connectivity index (χ2n) is 6.01. The number of likely N-dealkylation sites (tertiary alicyclic amines) is 1. The predicted molar refractivity (Wildman–Crippen MR) is 86.9 cm³/mol. The largest absolute Gasteiger partial charge is 0.370 e. The number of anilines is 1. The Morgan fingerprint density at radius 2 is 2.05 bits per heavy atom. The molecule has 1 amide bonds. The van der Waals surface area contributed by atoms with Crippen molar-refractivity contribution >= 4 is 23.3 Å². The molecule has 2 heterocycles. The number of halogens is 1. The Balaban J connectivity index is 2.12. The van der Waals surface area contributed by atoms with E-state index in [2.05, 4.69) is 24.1 Å². The van der Waals surface area contributed by atoms with Crippen molar-refractivity contribution in [2.24, 2.45) is 5.41 Å². The molecule has 1 aliphatic heterocycles. The monoisotopic (exact) mass is 309 g/mol. The summed E-state index contributed by atoms with van der Waals surface area (Å²) in [6, 6.07) is 3.53. The number of carbonyl (C=O) groups is 1. The number of hydrogen-bond acceptors (Lipinski definition) is 3. The highest BCUT2D eigenvalue weighted by Gasteiger charge is 2.31. The van der Waals surface area contributed by atoms with Crippen LogP contribution in [-0.2, 0) is 0 Å². The van der Waals surface area contributed by atoms with Gasteiger partial charge >= 0.3 is 0 Å². The molecule has 0 saturated carbocycles. The lowest BCUT2D eigenvalue weighted by Crippen LogP contribution is -2.42. The molecule has 0 aliphatic carbocycles. The molecule has 21 heavy (non-hydrogen) atoms. The van der Waals surface area contributed by atoms with Crippen LogP contribution in [0.3, 0.4) is 0 Å². The molecule has 0 bridgehead atoms. The molecule has 0 aromatic carbocycles. The molecule has 0 atom stereocenters. The molecule has 0 spiro atoms. The molecule has 1 N–H and O–H groups in total. The summed E-state index contributed by atoms with van der Waals surface area (Å²) in [5, 5.41) is 3.54. The number of piperidine rings is 1. The molecule has 1 fully saturated rings. The summed E-state index contributed by atoms with van der Waals surface area (Å²) in [7, 11) is 0. The molecule has 1 aromatic rings. The fourth-order valence-corrected chi connectivity index (χ4v) is 2.81. The van der Waals surface area contributed by atoms with E-state index in [-0.39, 0.29) is 5.91 Å². The van der Waals surface area contributed by atoms with Crippen LogP contribution in [0, 0.1) is 5.41 Å². The van der Waals surface area contributed by atoms with E-state index in [0.717, 1.165) is 38.9 Å². The number of aromatic nitrogens is 1. The van der Waals surface area contributed by atoms with Gasteiger partial charge in [-0.1, -0.05) is 31.9 Å². The van der Waals surface area contributed by atoms with Crippen LogP contribution >= 0.6 is 11.6 Å². The van der Waals surface area contributed by atoms with Crippen LogP contribution < -0.4 is 5.32 Å². The quantitative estimate of drug-likeness (QED) is 0.919. The summed E-state index contributed by atoms with van der Waals surface area (Å²) in [6.07, 6.45) is 3.24. The van der Waals surface area contributed by atoms with Gasteiger partial charge in [-0.05, 0) is 37.3 Å². The zero-order valence-electron chi connectivity index (χ0n) is 13.1. The summed E-state index contributed by atoms with van der Waals surface area (Å²) < 4.78 is 0. The van der Waals surface area contributed by atoms with Crippen LogP contribution in [0.4, 0.5) is 5.82 Å². The normalized spacial score (nSPS) is 17.6. The first-order valence-corrected chi connectivity index (χ1v) is 8.06. The molecule has 2 rings (SSSR count). The second-order valence-corrected chi connectivity index (χ2v) is 6.42. The van der Waals surface area contributed by atoms with Crippen molar-refractivity contribution in [1.82, 2.24) is 9.88 Å². The van der Waals surface area contributed by atoms with E-state index in [4.69, 9.17) is 11.6 Å². The standard InChI is InChI=1S/C16H24ClN3O/c1-4-16(3)8-10-20(11-9-16)15(21)14-12(17)6-7-13(19-14)18-5-2/h6-7H,4-5,8-11H2,1-3H3,(H,18,19). The van der Waals surface area contributed by atoms with Gasteiger partial charge in [0.1, 0.15) is 11.5 Å². The summed E-state index contributed by atoms with van der Waals surface area (Å²) in [6.45, 7) is 8.84. The Bertz CT molecular complexity index is 510. The third kappa shape index (κ3) is 3.67. The highest BCUT2D eigenvalue weighted by molar-refractivity contribution is 6.33. The second kappa shape index (κ2) is 6.65. The SMILES string of the molecule is CCNc1ccc(Cl)c(C(=O)N2CCC(C)(CC)CC2)n1. The minimum atomic E-state index is -0.0575. The number of nitrogens with one attached hydrogen (secondary N) is 1. The third-order valence-electron chi connectivity index (χ3n) is 4.52. The van der Waals surface area contributed by atoms with E-state index in [1.54, 1.807) is 12.1 Å². The Kier molecular flexibility index (Phi) is 5.09. The first-order chi connectivity index (χ1) is 9.99. The smallest absolute Gasteiger partial charge is 0.274 e. The minimum Gasteiger partial charge on any atom is -0.370 e. The molecule has 5 heteroatoms. The average Bonchev–Trinajstić information content (AvgIpc) is 2.49. The van der Waals surface area contributed by atoms with Crippen molar-refractivity contribution in [3.63, 3.8) is 0 Å². The van der Waals surface area contributed by atoms with Gasteiger partial charge < -0.3 is 10.2 Å². The summed E-state index contributed by atoms with van der Waals surface area (Å²) in [5.41, 5.74) is 0.717. The number of hydrogen-bond donors (Lipinski definition) is 1. The number of carbonyl (C=O) groups excluding carboxylic acids is 1. The summed E-state index contributed by atoms with van der Waals surface area (Å²) in [4.78, 5) is 18.9. The molecule has 1 saturated heterocycles. The maximum atomic E-state index is 12.6. The Morgan fingerprint density at radius 3 is 2.62 bits per heavy atom. The van der Waals surface area contributed by atoms with E-state index < -0.39 is 0 Å². The van der Waals surface area contributed by atoms with Crippen LogP contribution in [0.5, 0.6) is 0 Å². The highest BCUT2D eigenvalue weighted by Crippen LogP contribution is 2.34. The lowest BCUT2D eigenvalue weighted by atomic mass is 9.78.